The number of ether oxygens (including phenoxy) is 1. The largest absolute Gasteiger partial charge is 0.487 e. The van der Waals surface area contributed by atoms with Crippen molar-refractivity contribution in [1.82, 2.24) is 9.97 Å². The predicted molar refractivity (Wildman–Crippen MR) is 107 cm³/mol. The molecule has 0 unspecified atom stereocenters. The molecule has 0 bridgehead atoms. The monoisotopic (exact) mass is 419 g/mol. The number of fused-ring (bicyclic) bond motifs is 1. The molecule has 1 aliphatic heterocycles. The molecule has 1 saturated carbocycles. The number of anilines is 3. The average Bonchev–Trinajstić information content (AvgIpc) is 2.62. The summed E-state index contributed by atoms with van der Waals surface area (Å²) in [5.41, 5.74) is 1.12. The molecule has 8 nitrogen and oxygen atoms in total. The number of aromatic nitrogens is 2. The van der Waals surface area contributed by atoms with Gasteiger partial charge in [-0.1, -0.05) is 0 Å². The summed E-state index contributed by atoms with van der Waals surface area (Å²) in [5, 5.41) is 15.9. The van der Waals surface area contributed by atoms with Crippen molar-refractivity contribution in [2.45, 2.75) is 51.0 Å². The van der Waals surface area contributed by atoms with Gasteiger partial charge in [0.25, 0.3) is 0 Å². The number of amides is 1. The lowest BCUT2D eigenvalue weighted by molar-refractivity contribution is -0.119. The number of hydrogen-bond donors (Lipinski definition) is 3. The Hall–Kier alpha value is -3.01. The van der Waals surface area contributed by atoms with Crippen LogP contribution in [0.15, 0.2) is 18.2 Å². The topological polar surface area (TPSA) is 99.6 Å². The highest BCUT2D eigenvalue weighted by Gasteiger charge is 2.37. The van der Waals surface area contributed by atoms with Crippen LogP contribution < -0.4 is 20.3 Å². The minimum atomic E-state index is -0.869. The van der Waals surface area contributed by atoms with Crippen molar-refractivity contribution in [2.75, 3.05) is 22.6 Å². The molecule has 4 rings (SSSR count). The summed E-state index contributed by atoms with van der Waals surface area (Å²) in [7, 11) is 1.70. The van der Waals surface area contributed by atoms with Gasteiger partial charge >= 0.3 is 0 Å². The van der Waals surface area contributed by atoms with E-state index < -0.39 is 23.8 Å². The van der Waals surface area contributed by atoms with Crippen molar-refractivity contribution in [3.63, 3.8) is 0 Å². The fraction of sp³-hybridized carbons (Fsp3) is 0.450. The number of aryl methyl sites for hydroxylation is 1. The van der Waals surface area contributed by atoms with E-state index in [2.05, 4.69) is 20.6 Å². The van der Waals surface area contributed by atoms with Crippen LogP contribution in [0.25, 0.3) is 0 Å². The molecular formula is C20H23F2N5O3. The van der Waals surface area contributed by atoms with E-state index in [1.54, 1.807) is 25.8 Å². The van der Waals surface area contributed by atoms with E-state index in [0.29, 0.717) is 36.0 Å². The fourth-order valence-corrected chi connectivity index (χ4v) is 3.78. The highest BCUT2D eigenvalue weighted by atomic mass is 19.1. The quantitative estimate of drug-likeness (QED) is 0.683. The molecule has 30 heavy (non-hydrogen) atoms. The van der Waals surface area contributed by atoms with Gasteiger partial charge in [0.1, 0.15) is 23.7 Å². The van der Waals surface area contributed by atoms with E-state index >= 15 is 0 Å². The molecule has 1 aliphatic carbocycles. The van der Waals surface area contributed by atoms with Crippen molar-refractivity contribution < 1.29 is 23.4 Å². The lowest BCUT2D eigenvalue weighted by atomic mass is 9.89. The number of halogens is 2. The van der Waals surface area contributed by atoms with Gasteiger partial charge in [0.2, 0.25) is 11.9 Å². The molecule has 0 spiro atoms. The molecular weight excluding hydrogens is 396 g/mol. The third-order valence-corrected chi connectivity index (χ3v) is 5.41. The first-order valence-corrected chi connectivity index (χ1v) is 9.71. The number of carbonyl (C=O) groups excluding carboxylic acids is 1. The van der Waals surface area contributed by atoms with Crippen molar-refractivity contribution in [3.05, 3.63) is 35.5 Å². The smallest absolute Gasteiger partial charge is 0.249 e. The highest BCUT2D eigenvalue weighted by molar-refractivity contribution is 6.03. The maximum atomic E-state index is 13.7. The minimum Gasteiger partial charge on any atom is -0.487 e. The van der Waals surface area contributed by atoms with Gasteiger partial charge in [0.15, 0.2) is 17.4 Å². The van der Waals surface area contributed by atoms with E-state index in [4.69, 9.17) is 4.74 Å². The van der Waals surface area contributed by atoms with Crippen LogP contribution in [0, 0.1) is 18.6 Å². The molecule has 1 amide bonds. The van der Waals surface area contributed by atoms with Crippen molar-refractivity contribution >= 4 is 23.4 Å². The first kappa shape index (κ1) is 20.3. The molecule has 10 heteroatoms. The molecule has 0 saturated heterocycles. The number of benzene rings is 1. The van der Waals surface area contributed by atoms with Crippen LogP contribution in [-0.2, 0) is 4.79 Å². The lowest BCUT2D eigenvalue weighted by Gasteiger charge is -2.38. The first-order chi connectivity index (χ1) is 14.2. The summed E-state index contributed by atoms with van der Waals surface area (Å²) < 4.78 is 32.3. The summed E-state index contributed by atoms with van der Waals surface area (Å²) >= 11 is 0. The Bertz CT molecular complexity index is 981. The van der Waals surface area contributed by atoms with E-state index in [-0.39, 0.29) is 23.8 Å². The lowest BCUT2D eigenvalue weighted by Crippen LogP contribution is -2.52. The SMILES string of the molecule is Cc1nc(NC2CC(Oc3ccc(F)cc3F)C2)nc2c1NC(=O)[C@H]([C@H](C)O)N2C. The van der Waals surface area contributed by atoms with Crippen LogP contribution in [0.1, 0.15) is 25.5 Å². The standard InChI is InChI=1S/C20H23F2N5O3/c1-9-16-18(27(3)17(10(2)28)19(29)25-16)26-20(23-9)24-12-7-13(8-12)30-15-5-4-11(21)6-14(15)22/h4-6,10,12-13,17,28H,7-8H2,1-3H3,(H,25,29)(H,23,24,26)/t10-,12?,13?,17-/m0/s1. The van der Waals surface area contributed by atoms with Crippen molar-refractivity contribution in [1.29, 1.82) is 0 Å². The zero-order valence-corrected chi connectivity index (χ0v) is 16.8. The Morgan fingerprint density at radius 2 is 2.07 bits per heavy atom. The Labute approximate surface area is 172 Å². The molecule has 1 aromatic heterocycles. The number of hydrogen-bond acceptors (Lipinski definition) is 7. The van der Waals surface area contributed by atoms with Gasteiger partial charge in [-0.15, -0.1) is 0 Å². The molecule has 2 heterocycles. The Morgan fingerprint density at radius 3 is 2.73 bits per heavy atom. The average molecular weight is 419 g/mol. The summed E-state index contributed by atoms with van der Waals surface area (Å²) in [6.07, 6.45) is 0.159. The first-order valence-electron chi connectivity index (χ1n) is 9.71. The van der Waals surface area contributed by atoms with Crippen LogP contribution in [0.2, 0.25) is 0 Å². The van der Waals surface area contributed by atoms with E-state index in [9.17, 15) is 18.7 Å². The molecule has 2 aliphatic rings. The van der Waals surface area contributed by atoms with E-state index in [0.717, 1.165) is 12.1 Å². The van der Waals surface area contributed by atoms with Gasteiger partial charge in [0.05, 0.1) is 11.8 Å². The number of likely N-dealkylation sites (N-methyl/N-ethyl adjacent to an activating group) is 1. The molecule has 0 radical (unpaired) electrons. The van der Waals surface area contributed by atoms with Gasteiger partial charge in [-0.2, -0.15) is 4.98 Å². The number of nitrogens with one attached hydrogen (secondary N) is 2. The van der Waals surface area contributed by atoms with Crippen LogP contribution in [0.5, 0.6) is 5.75 Å². The summed E-state index contributed by atoms with van der Waals surface area (Å²) in [5.74, 6) is -0.725. The summed E-state index contributed by atoms with van der Waals surface area (Å²) in [6, 6.07) is 2.53. The van der Waals surface area contributed by atoms with Crippen LogP contribution >= 0.6 is 0 Å². The molecule has 2 aromatic rings. The predicted octanol–water partition coefficient (Wildman–Crippen LogP) is 2.22. The second-order valence-corrected chi connectivity index (χ2v) is 7.74. The zero-order valence-electron chi connectivity index (χ0n) is 16.8. The molecule has 1 aromatic carbocycles. The number of aliphatic hydroxyl groups excluding tert-OH is 1. The third-order valence-electron chi connectivity index (χ3n) is 5.41. The highest BCUT2D eigenvalue weighted by Crippen LogP contribution is 2.34. The second kappa shape index (κ2) is 7.67. The summed E-state index contributed by atoms with van der Waals surface area (Å²) in [4.78, 5) is 22.8. The van der Waals surface area contributed by atoms with Crippen LogP contribution in [-0.4, -0.2) is 52.3 Å². The van der Waals surface area contributed by atoms with Gasteiger partial charge in [0, 0.05) is 32.0 Å². The zero-order chi connectivity index (χ0) is 21.6. The van der Waals surface area contributed by atoms with Gasteiger partial charge in [-0.05, 0) is 26.0 Å². The molecule has 3 N–H and O–H groups in total. The Balaban J connectivity index is 1.42. The second-order valence-electron chi connectivity index (χ2n) is 7.74. The molecule has 1 fully saturated rings. The van der Waals surface area contributed by atoms with Crippen LogP contribution in [0.4, 0.5) is 26.2 Å². The molecule has 160 valence electrons. The molecule has 2 atom stereocenters. The minimum absolute atomic E-state index is 0.0299. The summed E-state index contributed by atoms with van der Waals surface area (Å²) in [6.45, 7) is 3.32. The Kier molecular flexibility index (Phi) is 5.19. The van der Waals surface area contributed by atoms with Crippen LogP contribution in [0.3, 0.4) is 0 Å². The number of nitrogens with zero attached hydrogens (tertiary/aromatic N) is 3. The number of carbonyl (C=O) groups is 1. The van der Waals surface area contributed by atoms with E-state index in [1.807, 2.05) is 0 Å². The number of rotatable bonds is 5. The van der Waals surface area contributed by atoms with Gasteiger partial charge in [-0.3, -0.25) is 4.79 Å². The third kappa shape index (κ3) is 3.74. The van der Waals surface area contributed by atoms with Crippen molar-refractivity contribution in [3.8, 4) is 5.75 Å². The van der Waals surface area contributed by atoms with Crippen molar-refractivity contribution in [2.24, 2.45) is 0 Å². The fourth-order valence-electron chi connectivity index (χ4n) is 3.78. The van der Waals surface area contributed by atoms with E-state index in [1.165, 1.54) is 6.07 Å². The Morgan fingerprint density at radius 1 is 1.33 bits per heavy atom. The van der Waals surface area contributed by atoms with Gasteiger partial charge < -0.3 is 25.4 Å². The maximum Gasteiger partial charge on any atom is 0.249 e. The maximum absolute atomic E-state index is 13.7. The normalized spacial score (nSPS) is 23.9. The number of aliphatic hydroxyl groups is 1. The van der Waals surface area contributed by atoms with Gasteiger partial charge in [-0.25, -0.2) is 13.8 Å².